The van der Waals surface area contributed by atoms with E-state index < -0.39 is 10.0 Å². The summed E-state index contributed by atoms with van der Waals surface area (Å²) in [5.41, 5.74) is 4.15. The number of benzene rings is 2. The summed E-state index contributed by atoms with van der Waals surface area (Å²) in [7, 11) is -2.17. The maximum Gasteiger partial charge on any atom is 0.285 e. The molecule has 0 radical (unpaired) electrons. The average molecular weight is 356 g/mol. The monoisotopic (exact) mass is 356 g/mol. The molecule has 25 heavy (non-hydrogen) atoms. The number of nitrogens with zero attached hydrogens (tertiary/aromatic N) is 1. The van der Waals surface area contributed by atoms with Gasteiger partial charge in [-0.25, -0.2) is 0 Å². The molecule has 0 spiro atoms. The van der Waals surface area contributed by atoms with Gasteiger partial charge in [0.25, 0.3) is 10.0 Å². The molecule has 1 aliphatic heterocycles. The van der Waals surface area contributed by atoms with E-state index in [9.17, 15) is 8.42 Å². The molecule has 1 N–H and O–H groups in total. The summed E-state index contributed by atoms with van der Waals surface area (Å²) in [4.78, 5) is 0.226. The lowest BCUT2D eigenvalue weighted by Gasteiger charge is -2.12. The first-order valence-corrected chi connectivity index (χ1v) is 9.31. The topological polar surface area (TPSA) is 67.8 Å². The summed E-state index contributed by atoms with van der Waals surface area (Å²) < 4.78 is 34.2. The van der Waals surface area contributed by atoms with Crippen LogP contribution in [0, 0.1) is 13.8 Å². The van der Waals surface area contributed by atoms with Gasteiger partial charge in [0.2, 0.25) is 0 Å². The van der Waals surface area contributed by atoms with Crippen LogP contribution in [0.4, 0.5) is 5.69 Å². The van der Waals surface area contributed by atoms with E-state index in [2.05, 4.69) is 9.71 Å². The first-order chi connectivity index (χ1) is 11.8. The van der Waals surface area contributed by atoms with E-state index in [1.165, 1.54) is 0 Å². The van der Waals surface area contributed by atoms with Crippen LogP contribution in [0.2, 0.25) is 0 Å². The third kappa shape index (κ3) is 3.17. The molecular formula is C19H20N2O3S. The van der Waals surface area contributed by atoms with Gasteiger partial charge in [-0.1, -0.05) is 18.2 Å². The Morgan fingerprint density at radius 2 is 1.56 bits per heavy atom. The molecule has 2 aromatic carbocycles. The SMILES string of the molecule is COc1ccc(C2=C(C)C(Nc3c(C)cccc3C)=NS2(=O)=O)cc1. The fourth-order valence-corrected chi connectivity index (χ4v) is 4.32. The lowest BCUT2D eigenvalue weighted by molar-refractivity contribution is 0.415. The number of hydrogen-bond donors (Lipinski definition) is 1. The molecule has 1 heterocycles. The molecule has 0 atom stereocenters. The van der Waals surface area contributed by atoms with Gasteiger partial charge in [0.1, 0.15) is 16.5 Å². The van der Waals surface area contributed by atoms with Crippen LogP contribution in [0.1, 0.15) is 23.6 Å². The Labute approximate surface area is 148 Å². The molecule has 0 unspecified atom stereocenters. The number of methoxy groups -OCH3 is 1. The Balaban J connectivity index is 2.03. The van der Waals surface area contributed by atoms with Crippen molar-refractivity contribution < 1.29 is 13.2 Å². The number of aryl methyl sites for hydroxylation is 2. The first-order valence-electron chi connectivity index (χ1n) is 7.87. The Kier molecular flexibility index (Phi) is 4.39. The van der Waals surface area contributed by atoms with Crippen LogP contribution in [0.15, 0.2) is 52.4 Å². The first kappa shape index (κ1) is 17.2. The van der Waals surface area contributed by atoms with E-state index in [1.54, 1.807) is 38.3 Å². The van der Waals surface area contributed by atoms with Crippen molar-refractivity contribution in [3.63, 3.8) is 0 Å². The second-order valence-corrected chi connectivity index (χ2v) is 7.53. The maximum atomic E-state index is 12.6. The standard InChI is InChI=1S/C19H20N2O3S/c1-12-6-5-7-13(2)17(12)20-19-14(3)18(25(22,23)21-19)15-8-10-16(24-4)11-9-15/h5-11H,1-4H3,(H,20,21). The second kappa shape index (κ2) is 6.37. The van der Waals surface area contributed by atoms with Crippen LogP contribution in [-0.2, 0) is 10.0 Å². The summed E-state index contributed by atoms with van der Waals surface area (Å²) in [5, 5.41) is 3.19. The van der Waals surface area contributed by atoms with E-state index in [1.807, 2.05) is 32.0 Å². The van der Waals surface area contributed by atoms with Gasteiger partial charge in [-0.2, -0.15) is 8.42 Å². The van der Waals surface area contributed by atoms with Crippen LogP contribution in [0.5, 0.6) is 5.75 Å². The summed E-state index contributed by atoms with van der Waals surface area (Å²) in [6.07, 6.45) is 0. The van der Waals surface area contributed by atoms with Gasteiger partial charge in [0.05, 0.1) is 7.11 Å². The Morgan fingerprint density at radius 1 is 0.960 bits per heavy atom. The van der Waals surface area contributed by atoms with Crippen LogP contribution >= 0.6 is 0 Å². The van der Waals surface area contributed by atoms with Gasteiger partial charge in [0, 0.05) is 11.3 Å². The predicted molar refractivity (Wildman–Crippen MR) is 101 cm³/mol. The highest BCUT2D eigenvalue weighted by Crippen LogP contribution is 2.34. The predicted octanol–water partition coefficient (Wildman–Crippen LogP) is 3.90. The van der Waals surface area contributed by atoms with Crippen LogP contribution in [0.25, 0.3) is 4.91 Å². The van der Waals surface area contributed by atoms with E-state index in [-0.39, 0.29) is 4.91 Å². The highest BCUT2D eigenvalue weighted by Gasteiger charge is 2.31. The molecule has 6 heteroatoms. The number of para-hydroxylation sites is 1. The van der Waals surface area contributed by atoms with Gasteiger partial charge < -0.3 is 10.1 Å². The Bertz CT molecular complexity index is 968. The molecule has 0 bridgehead atoms. The minimum Gasteiger partial charge on any atom is -0.497 e. The summed E-state index contributed by atoms with van der Waals surface area (Å²) in [5.74, 6) is 1.04. The van der Waals surface area contributed by atoms with E-state index >= 15 is 0 Å². The molecule has 130 valence electrons. The highest BCUT2D eigenvalue weighted by atomic mass is 32.2. The number of nitrogens with one attached hydrogen (secondary N) is 1. The van der Waals surface area contributed by atoms with Gasteiger partial charge in [-0.3, -0.25) is 0 Å². The van der Waals surface area contributed by atoms with Gasteiger partial charge in [-0.15, -0.1) is 4.40 Å². The van der Waals surface area contributed by atoms with Crippen molar-refractivity contribution in [1.29, 1.82) is 0 Å². The molecule has 0 aliphatic carbocycles. The largest absolute Gasteiger partial charge is 0.497 e. The fourth-order valence-electron chi connectivity index (χ4n) is 2.89. The number of amidine groups is 1. The molecular weight excluding hydrogens is 336 g/mol. The Morgan fingerprint density at radius 3 is 2.12 bits per heavy atom. The maximum absolute atomic E-state index is 12.6. The lowest BCUT2D eigenvalue weighted by Crippen LogP contribution is -2.13. The van der Waals surface area contributed by atoms with Crippen molar-refractivity contribution in [3.05, 3.63) is 64.7 Å². The average Bonchev–Trinajstić information content (AvgIpc) is 2.80. The van der Waals surface area contributed by atoms with Gasteiger partial charge in [0.15, 0.2) is 0 Å². The van der Waals surface area contributed by atoms with Crippen molar-refractivity contribution in [2.75, 3.05) is 12.4 Å². The third-order valence-electron chi connectivity index (χ3n) is 4.24. The summed E-state index contributed by atoms with van der Waals surface area (Å²) in [6.45, 7) is 5.72. The van der Waals surface area contributed by atoms with Crippen molar-refractivity contribution in [2.24, 2.45) is 4.40 Å². The van der Waals surface area contributed by atoms with Crippen LogP contribution in [-0.4, -0.2) is 21.4 Å². The zero-order valence-electron chi connectivity index (χ0n) is 14.6. The van der Waals surface area contributed by atoms with Crippen molar-refractivity contribution in [3.8, 4) is 5.75 Å². The van der Waals surface area contributed by atoms with E-state index in [0.29, 0.717) is 22.7 Å². The van der Waals surface area contributed by atoms with E-state index in [4.69, 9.17) is 4.74 Å². The van der Waals surface area contributed by atoms with Crippen molar-refractivity contribution in [2.45, 2.75) is 20.8 Å². The number of ether oxygens (including phenoxy) is 1. The molecule has 5 nitrogen and oxygen atoms in total. The number of sulfonamides is 1. The quantitative estimate of drug-likeness (QED) is 0.906. The molecule has 0 fully saturated rings. The minimum atomic E-state index is -3.74. The smallest absolute Gasteiger partial charge is 0.285 e. The molecule has 2 aromatic rings. The zero-order chi connectivity index (χ0) is 18.2. The van der Waals surface area contributed by atoms with Gasteiger partial charge >= 0.3 is 0 Å². The molecule has 0 aromatic heterocycles. The van der Waals surface area contributed by atoms with Crippen molar-refractivity contribution >= 4 is 26.5 Å². The number of anilines is 1. The summed E-state index contributed by atoms with van der Waals surface area (Å²) >= 11 is 0. The third-order valence-corrected chi connectivity index (χ3v) is 5.72. The normalized spacial score (nSPS) is 15.9. The van der Waals surface area contributed by atoms with Crippen LogP contribution in [0.3, 0.4) is 0 Å². The minimum absolute atomic E-state index is 0.226. The molecule has 1 aliphatic rings. The van der Waals surface area contributed by atoms with Crippen LogP contribution < -0.4 is 10.1 Å². The Hall–Kier alpha value is -2.60. The molecule has 0 saturated heterocycles. The lowest BCUT2D eigenvalue weighted by atomic mass is 10.1. The second-order valence-electron chi connectivity index (χ2n) is 5.99. The molecule has 0 saturated carbocycles. The molecule has 3 rings (SSSR count). The number of rotatable bonds is 3. The highest BCUT2D eigenvalue weighted by molar-refractivity contribution is 8.00. The van der Waals surface area contributed by atoms with Crippen molar-refractivity contribution in [1.82, 2.24) is 0 Å². The number of hydrogen-bond acceptors (Lipinski definition) is 4. The zero-order valence-corrected chi connectivity index (χ0v) is 15.4. The molecule has 0 amide bonds. The van der Waals surface area contributed by atoms with E-state index in [0.717, 1.165) is 16.8 Å². The van der Waals surface area contributed by atoms with Gasteiger partial charge in [-0.05, 0) is 61.7 Å². The fraction of sp³-hybridized carbons (Fsp3) is 0.211. The summed E-state index contributed by atoms with van der Waals surface area (Å²) in [6, 6.07) is 12.9.